The van der Waals surface area contributed by atoms with E-state index in [4.69, 9.17) is 9.47 Å². The van der Waals surface area contributed by atoms with Gasteiger partial charge in [0, 0.05) is 0 Å². The Morgan fingerprint density at radius 3 is 2.42 bits per heavy atom. The lowest BCUT2D eigenvalue weighted by atomic mass is 10.1. The number of ether oxygens (including phenoxy) is 2. The van der Waals surface area contributed by atoms with Gasteiger partial charge in [-0.1, -0.05) is 49.8 Å². The van der Waals surface area contributed by atoms with Crippen molar-refractivity contribution in [3.8, 4) is 17.2 Å². The van der Waals surface area contributed by atoms with Crippen molar-refractivity contribution in [1.29, 1.82) is 0 Å². The first-order valence-electron chi connectivity index (χ1n) is 8.43. The Bertz CT molecular complexity index is 709. The van der Waals surface area contributed by atoms with Crippen molar-refractivity contribution in [2.24, 2.45) is 0 Å². The van der Waals surface area contributed by atoms with E-state index in [0.717, 1.165) is 29.2 Å². The molecular weight excluding hydrogens is 296 g/mol. The van der Waals surface area contributed by atoms with E-state index < -0.39 is 0 Å². The van der Waals surface area contributed by atoms with E-state index in [1.807, 2.05) is 49.4 Å². The van der Waals surface area contributed by atoms with Gasteiger partial charge >= 0.3 is 0 Å². The van der Waals surface area contributed by atoms with Crippen molar-refractivity contribution >= 4 is 11.6 Å². The summed E-state index contributed by atoms with van der Waals surface area (Å²) in [7, 11) is 1.66. The van der Waals surface area contributed by atoms with Crippen LogP contribution in [0.15, 0.2) is 54.6 Å². The second-order valence-corrected chi connectivity index (χ2v) is 5.71. The van der Waals surface area contributed by atoms with Crippen LogP contribution in [-0.2, 0) is 0 Å². The third kappa shape index (κ3) is 4.76. The van der Waals surface area contributed by atoms with Gasteiger partial charge in [-0.15, -0.1) is 0 Å². The zero-order valence-electron chi connectivity index (χ0n) is 15.0. The molecule has 2 heteroatoms. The van der Waals surface area contributed by atoms with Gasteiger partial charge in [0.2, 0.25) is 0 Å². The Hall–Kier alpha value is -2.48. The van der Waals surface area contributed by atoms with Crippen molar-refractivity contribution in [3.63, 3.8) is 0 Å². The van der Waals surface area contributed by atoms with Crippen molar-refractivity contribution in [3.05, 3.63) is 65.7 Å². The van der Waals surface area contributed by atoms with Crippen molar-refractivity contribution in [2.75, 3.05) is 7.11 Å². The maximum Gasteiger partial charge on any atom is 0.169 e. The Morgan fingerprint density at radius 1 is 1.04 bits per heavy atom. The van der Waals surface area contributed by atoms with Crippen LogP contribution in [0, 0.1) is 0 Å². The summed E-state index contributed by atoms with van der Waals surface area (Å²) in [6, 6.07) is 14.1. The summed E-state index contributed by atoms with van der Waals surface area (Å²) in [6.07, 6.45) is 8.59. The molecule has 0 unspecified atom stereocenters. The molecule has 126 valence electrons. The Balaban J connectivity index is 2.16. The monoisotopic (exact) mass is 322 g/mol. The lowest BCUT2D eigenvalue weighted by Gasteiger charge is -2.11. The Kier molecular flexibility index (Phi) is 6.68. The second-order valence-electron chi connectivity index (χ2n) is 5.71. The third-order valence-corrected chi connectivity index (χ3v) is 3.82. The molecule has 0 spiro atoms. The molecule has 0 aliphatic heterocycles. The van der Waals surface area contributed by atoms with Crippen LogP contribution in [0.1, 0.15) is 44.7 Å². The van der Waals surface area contributed by atoms with Crippen LogP contribution in [0.2, 0.25) is 0 Å². The molecule has 0 radical (unpaired) electrons. The van der Waals surface area contributed by atoms with Crippen molar-refractivity contribution < 1.29 is 9.47 Å². The first-order valence-corrected chi connectivity index (χ1v) is 8.43. The number of methoxy groups -OCH3 is 1. The summed E-state index contributed by atoms with van der Waals surface area (Å²) in [5.41, 5.74) is 3.62. The molecule has 24 heavy (non-hydrogen) atoms. The number of benzene rings is 2. The second kappa shape index (κ2) is 8.97. The number of unbranched alkanes of at least 4 members (excludes halogenated alkanes) is 1. The number of hydrogen-bond donors (Lipinski definition) is 0. The average Bonchev–Trinajstić information content (AvgIpc) is 2.61. The Morgan fingerprint density at radius 2 is 1.79 bits per heavy atom. The number of hydrogen-bond acceptors (Lipinski definition) is 2. The molecule has 0 aliphatic carbocycles. The third-order valence-electron chi connectivity index (χ3n) is 3.82. The van der Waals surface area contributed by atoms with Crippen LogP contribution >= 0.6 is 0 Å². The summed E-state index contributed by atoms with van der Waals surface area (Å²) in [5, 5.41) is 0. The summed E-state index contributed by atoms with van der Waals surface area (Å²) < 4.78 is 11.4. The summed E-state index contributed by atoms with van der Waals surface area (Å²) >= 11 is 0. The van der Waals surface area contributed by atoms with Gasteiger partial charge in [-0.2, -0.15) is 0 Å². The standard InChI is InChI=1S/C22H26O2/c1-5-7-9-17(3)19-11-13-20(14-12-19)24-21-15-10-18(8-6-2)16-22(21)23-4/h6,8-16H,5,7H2,1-4H3. The highest BCUT2D eigenvalue weighted by atomic mass is 16.5. The highest BCUT2D eigenvalue weighted by molar-refractivity contribution is 5.64. The van der Waals surface area contributed by atoms with Crippen LogP contribution in [0.3, 0.4) is 0 Å². The molecular formula is C22H26O2. The normalized spacial score (nSPS) is 11.8. The minimum absolute atomic E-state index is 0.719. The quantitative estimate of drug-likeness (QED) is 0.563. The van der Waals surface area contributed by atoms with E-state index in [1.54, 1.807) is 7.11 Å². The Labute approximate surface area is 145 Å². The first-order chi connectivity index (χ1) is 11.7. The summed E-state index contributed by atoms with van der Waals surface area (Å²) in [4.78, 5) is 0. The molecule has 2 aromatic carbocycles. The SMILES string of the molecule is CC=Cc1ccc(Oc2ccc(C(C)=CCCC)cc2)c(OC)c1. The van der Waals surface area contributed by atoms with Gasteiger partial charge in [-0.05, 0) is 61.2 Å². The van der Waals surface area contributed by atoms with Gasteiger partial charge in [0.1, 0.15) is 5.75 Å². The molecule has 0 atom stereocenters. The highest BCUT2D eigenvalue weighted by Gasteiger charge is 2.06. The molecule has 0 aliphatic rings. The minimum atomic E-state index is 0.719. The molecule has 0 fully saturated rings. The van der Waals surface area contributed by atoms with E-state index in [-0.39, 0.29) is 0 Å². The topological polar surface area (TPSA) is 18.5 Å². The van der Waals surface area contributed by atoms with Crippen molar-refractivity contribution in [2.45, 2.75) is 33.6 Å². The molecule has 0 aromatic heterocycles. The highest BCUT2D eigenvalue weighted by Crippen LogP contribution is 2.33. The van der Waals surface area contributed by atoms with Gasteiger partial charge in [0.25, 0.3) is 0 Å². The molecule has 2 aromatic rings. The first kappa shape index (κ1) is 17.9. The molecule has 0 bridgehead atoms. The lowest BCUT2D eigenvalue weighted by Crippen LogP contribution is -1.91. The number of allylic oxidation sites excluding steroid dienone is 3. The van der Waals surface area contributed by atoms with Gasteiger partial charge in [-0.25, -0.2) is 0 Å². The molecule has 0 heterocycles. The molecule has 0 saturated carbocycles. The van der Waals surface area contributed by atoms with Gasteiger partial charge in [0.05, 0.1) is 7.11 Å². The van der Waals surface area contributed by atoms with Gasteiger partial charge < -0.3 is 9.47 Å². The zero-order valence-corrected chi connectivity index (χ0v) is 15.0. The fourth-order valence-corrected chi connectivity index (χ4v) is 2.46. The minimum Gasteiger partial charge on any atom is -0.493 e. The fraction of sp³-hybridized carbons (Fsp3) is 0.273. The predicted octanol–water partition coefficient (Wildman–Crippen LogP) is 6.72. The fourth-order valence-electron chi connectivity index (χ4n) is 2.46. The van der Waals surface area contributed by atoms with Gasteiger partial charge in [0.15, 0.2) is 11.5 Å². The van der Waals surface area contributed by atoms with Crippen LogP contribution < -0.4 is 9.47 Å². The van der Waals surface area contributed by atoms with E-state index in [9.17, 15) is 0 Å². The van der Waals surface area contributed by atoms with E-state index in [1.165, 1.54) is 17.6 Å². The molecule has 2 rings (SSSR count). The zero-order chi connectivity index (χ0) is 17.4. The lowest BCUT2D eigenvalue weighted by molar-refractivity contribution is 0.379. The van der Waals surface area contributed by atoms with Crippen LogP contribution in [0.5, 0.6) is 17.2 Å². The van der Waals surface area contributed by atoms with Crippen LogP contribution in [0.4, 0.5) is 0 Å². The van der Waals surface area contributed by atoms with Crippen LogP contribution in [-0.4, -0.2) is 7.11 Å². The molecule has 0 saturated heterocycles. The van der Waals surface area contributed by atoms with Gasteiger partial charge in [-0.3, -0.25) is 0 Å². The summed E-state index contributed by atoms with van der Waals surface area (Å²) in [5.74, 6) is 2.25. The maximum atomic E-state index is 5.98. The maximum absolute atomic E-state index is 5.98. The predicted molar refractivity (Wildman–Crippen MR) is 103 cm³/mol. The van der Waals surface area contributed by atoms with E-state index in [0.29, 0.717) is 0 Å². The van der Waals surface area contributed by atoms with E-state index in [2.05, 4.69) is 32.1 Å². The summed E-state index contributed by atoms with van der Waals surface area (Å²) in [6.45, 7) is 6.33. The average molecular weight is 322 g/mol. The number of rotatable bonds is 7. The molecule has 0 N–H and O–H groups in total. The smallest absolute Gasteiger partial charge is 0.169 e. The van der Waals surface area contributed by atoms with E-state index >= 15 is 0 Å². The van der Waals surface area contributed by atoms with Crippen LogP contribution in [0.25, 0.3) is 11.6 Å². The molecule has 2 nitrogen and oxygen atoms in total. The largest absolute Gasteiger partial charge is 0.493 e. The molecule has 0 amide bonds. The van der Waals surface area contributed by atoms with Crippen molar-refractivity contribution in [1.82, 2.24) is 0 Å².